The Morgan fingerprint density at radius 3 is 2.60 bits per heavy atom. The molecule has 0 radical (unpaired) electrons. The van der Waals surface area contributed by atoms with E-state index in [0.717, 1.165) is 21.3 Å². The van der Waals surface area contributed by atoms with Crippen LogP contribution in [0.3, 0.4) is 0 Å². The van der Waals surface area contributed by atoms with Crippen LogP contribution in [0.2, 0.25) is 10.0 Å². The van der Waals surface area contributed by atoms with Crippen molar-refractivity contribution in [1.82, 2.24) is 20.2 Å². The first-order valence-electron chi connectivity index (χ1n) is 7.35. The second-order valence-electron chi connectivity index (χ2n) is 5.13. The average Bonchev–Trinajstić information content (AvgIpc) is 3.25. The fourth-order valence-electron chi connectivity index (χ4n) is 2.35. The number of nitrogens with zero attached hydrogens (tertiary/aromatic N) is 3. The van der Waals surface area contributed by atoms with Gasteiger partial charge in [0.05, 0.1) is 10.7 Å². The van der Waals surface area contributed by atoms with E-state index in [-0.39, 0.29) is 0 Å². The van der Waals surface area contributed by atoms with Crippen LogP contribution in [0, 0.1) is 0 Å². The number of anilines is 2. The van der Waals surface area contributed by atoms with E-state index in [1.807, 2.05) is 36.4 Å². The number of halogens is 2. The summed E-state index contributed by atoms with van der Waals surface area (Å²) in [6, 6.07) is 15.2. The zero-order valence-corrected chi connectivity index (χ0v) is 15.0. The van der Waals surface area contributed by atoms with Crippen molar-refractivity contribution in [3.8, 4) is 22.0 Å². The summed E-state index contributed by atoms with van der Waals surface area (Å²) in [5.74, 6) is 0.569. The number of rotatable bonds is 4. The summed E-state index contributed by atoms with van der Waals surface area (Å²) < 4.78 is 0. The summed E-state index contributed by atoms with van der Waals surface area (Å²) in [5, 5.41) is 12.0. The Bertz CT molecular complexity index is 999. The first-order chi connectivity index (χ1) is 12.2. The topological polar surface area (TPSA) is 66.5 Å². The molecule has 0 unspecified atom stereocenters. The number of para-hydroxylation sites is 1. The number of hydrogen-bond donors (Lipinski definition) is 2. The summed E-state index contributed by atoms with van der Waals surface area (Å²) in [6.45, 7) is 0. The Hall–Kier alpha value is -2.41. The molecule has 0 saturated heterocycles. The first kappa shape index (κ1) is 16.1. The normalized spacial score (nSPS) is 10.8. The minimum atomic E-state index is 0.529. The lowest BCUT2D eigenvalue weighted by molar-refractivity contribution is 1.10. The van der Waals surface area contributed by atoms with E-state index in [1.165, 1.54) is 17.7 Å². The van der Waals surface area contributed by atoms with Gasteiger partial charge in [0.15, 0.2) is 11.0 Å². The van der Waals surface area contributed by atoms with E-state index in [4.69, 9.17) is 28.2 Å². The molecule has 0 aliphatic carbocycles. The zero-order chi connectivity index (χ0) is 17.2. The molecule has 0 fully saturated rings. The molecule has 0 saturated carbocycles. The van der Waals surface area contributed by atoms with Gasteiger partial charge in [0, 0.05) is 16.3 Å². The predicted octanol–water partition coefficient (Wildman–Crippen LogP) is 5.65. The maximum Gasteiger partial charge on any atom is 0.193 e. The van der Waals surface area contributed by atoms with Gasteiger partial charge < -0.3 is 5.32 Å². The fourth-order valence-corrected chi connectivity index (χ4v) is 3.79. The number of aromatic amines is 1. The summed E-state index contributed by atoms with van der Waals surface area (Å²) in [7, 11) is 0. The Labute approximate surface area is 157 Å². The molecule has 0 amide bonds. The van der Waals surface area contributed by atoms with Crippen molar-refractivity contribution in [2.24, 2.45) is 0 Å². The molecule has 0 bridgehead atoms. The van der Waals surface area contributed by atoms with Gasteiger partial charge in [0.1, 0.15) is 11.2 Å². The third kappa shape index (κ3) is 3.37. The van der Waals surface area contributed by atoms with Gasteiger partial charge in [-0.05, 0) is 30.3 Å². The molecule has 0 aliphatic heterocycles. The molecule has 2 aromatic heterocycles. The first-order valence-corrected chi connectivity index (χ1v) is 8.92. The summed E-state index contributed by atoms with van der Waals surface area (Å²) >= 11 is 13.9. The van der Waals surface area contributed by atoms with Crippen molar-refractivity contribution < 1.29 is 0 Å². The van der Waals surface area contributed by atoms with Crippen molar-refractivity contribution in [3.63, 3.8) is 0 Å². The monoisotopic (exact) mass is 387 g/mol. The molecule has 25 heavy (non-hydrogen) atoms. The molecule has 5 nitrogen and oxygen atoms in total. The highest BCUT2D eigenvalue weighted by Gasteiger charge is 2.19. The number of H-pyrrole nitrogens is 1. The van der Waals surface area contributed by atoms with Gasteiger partial charge in [-0.15, -0.1) is 0 Å². The smallest absolute Gasteiger partial charge is 0.193 e. The maximum atomic E-state index is 6.38. The molecule has 2 aromatic carbocycles. The van der Waals surface area contributed by atoms with E-state index in [2.05, 4.69) is 20.5 Å². The number of nitrogens with one attached hydrogen (secondary N) is 2. The van der Waals surface area contributed by atoms with E-state index in [1.54, 1.807) is 12.1 Å². The average molecular weight is 388 g/mol. The Morgan fingerprint density at radius 2 is 1.88 bits per heavy atom. The van der Waals surface area contributed by atoms with Crippen LogP contribution in [-0.4, -0.2) is 20.2 Å². The highest BCUT2D eigenvalue weighted by molar-refractivity contribution is 7.19. The molecule has 4 aromatic rings. The molecule has 0 atom stereocenters. The van der Waals surface area contributed by atoms with Gasteiger partial charge in [-0.1, -0.05) is 52.7 Å². The largest absolute Gasteiger partial charge is 0.332 e. The van der Waals surface area contributed by atoms with Crippen molar-refractivity contribution in [1.29, 1.82) is 0 Å². The lowest BCUT2D eigenvalue weighted by atomic mass is 10.1. The molecule has 4 rings (SSSR count). The van der Waals surface area contributed by atoms with Crippen molar-refractivity contribution >= 4 is 45.4 Å². The Balaban J connectivity index is 1.81. The number of thiazole rings is 1. The van der Waals surface area contributed by atoms with Crippen molar-refractivity contribution in [2.75, 3.05) is 5.32 Å². The maximum absolute atomic E-state index is 6.38. The van der Waals surface area contributed by atoms with Gasteiger partial charge in [0.2, 0.25) is 0 Å². The molecule has 2 heterocycles. The molecule has 0 aliphatic rings. The fraction of sp³-hybridized carbons (Fsp3) is 0. The van der Waals surface area contributed by atoms with E-state index < -0.39 is 0 Å². The van der Waals surface area contributed by atoms with Crippen molar-refractivity contribution in [2.45, 2.75) is 0 Å². The molecular formula is C17H11Cl2N5S. The SMILES string of the molecule is Clc1ccc(-c2nc(Nc3ccccc3)sc2-c2nc[nH]n2)c(Cl)c1. The van der Waals surface area contributed by atoms with Gasteiger partial charge in [-0.3, -0.25) is 5.10 Å². The lowest BCUT2D eigenvalue weighted by Gasteiger charge is -2.03. The van der Waals surface area contributed by atoms with Gasteiger partial charge in [-0.2, -0.15) is 5.10 Å². The third-order valence-corrected chi connectivity index (χ3v) is 4.97. The summed E-state index contributed by atoms with van der Waals surface area (Å²) in [6.07, 6.45) is 1.53. The molecule has 124 valence electrons. The van der Waals surface area contributed by atoms with E-state index >= 15 is 0 Å². The number of benzene rings is 2. The highest BCUT2D eigenvalue weighted by atomic mass is 35.5. The molecule has 0 spiro atoms. The van der Waals surface area contributed by atoms with Crippen LogP contribution in [0.5, 0.6) is 0 Å². The summed E-state index contributed by atoms with van der Waals surface area (Å²) in [5.41, 5.74) is 2.44. The van der Waals surface area contributed by atoms with Crippen LogP contribution in [0.25, 0.3) is 22.0 Å². The quantitative estimate of drug-likeness (QED) is 0.474. The van der Waals surface area contributed by atoms with E-state index in [0.29, 0.717) is 21.6 Å². The highest BCUT2D eigenvalue weighted by Crippen LogP contribution is 2.41. The van der Waals surface area contributed by atoms with Crippen LogP contribution in [0.4, 0.5) is 10.8 Å². The van der Waals surface area contributed by atoms with Crippen LogP contribution < -0.4 is 5.32 Å². The molecular weight excluding hydrogens is 377 g/mol. The second-order valence-corrected chi connectivity index (χ2v) is 6.98. The standard InChI is InChI=1S/C17H11Cl2N5S/c18-10-6-7-12(13(19)8-10)14-15(16-20-9-21-24-16)25-17(23-14)22-11-4-2-1-3-5-11/h1-9H,(H,22,23)(H,20,21,24). The Morgan fingerprint density at radius 1 is 1.04 bits per heavy atom. The summed E-state index contributed by atoms with van der Waals surface area (Å²) in [4.78, 5) is 9.78. The van der Waals surface area contributed by atoms with Crippen LogP contribution >= 0.6 is 34.5 Å². The number of aromatic nitrogens is 4. The molecule has 2 N–H and O–H groups in total. The minimum absolute atomic E-state index is 0.529. The predicted molar refractivity (Wildman–Crippen MR) is 103 cm³/mol. The Kier molecular flexibility index (Phi) is 4.40. The second kappa shape index (κ2) is 6.84. The number of hydrogen-bond acceptors (Lipinski definition) is 5. The van der Waals surface area contributed by atoms with Crippen molar-refractivity contribution in [3.05, 3.63) is 64.9 Å². The molecule has 8 heteroatoms. The minimum Gasteiger partial charge on any atom is -0.332 e. The lowest BCUT2D eigenvalue weighted by Crippen LogP contribution is -1.89. The van der Waals surface area contributed by atoms with Gasteiger partial charge >= 0.3 is 0 Å². The van der Waals surface area contributed by atoms with Crippen LogP contribution in [-0.2, 0) is 0 Å². The third-order valence-electron chi connectivity index (χ3n) is 3.46. The zero-order valence-electron chi connectivity index (χ0n) is 12.7. The van der Waals surface area contributed by atoms with Crippen LogP contribution in [0.1, 0.15) is 0 Å². The van der Waals surface area contributed by atoms with Gasteiger partial charge in [0.25, 0.3) is 0 Å². The van der Waals surface area contributed by atoms with E-state index in [9.17, 15) is 0 Å². The van der Waals surface area contributed by atoms with Gasteiger partial charge in [-0.25, -0.2) is 9.97 Å². The van der Waals surface area contributed by atoms with Crippen LogP contribution in [0.15, 0.2) is 54.9 Å².